The van der Waals surface area contributed by atoms with Crippen LogP contribution in [0.15, 0.2) is 54.6 Å². The van der Waals surface area contributed by atoms with Gasteiger partial charge in [0.15, 0.2) is 0 Å². The summed E-state index contributed by atoms with van der Waals surface area (Å²) in [6.07, 6.45) is 2.32. The van der Waals surface area contributed by atoms with E-state index in [9.17, 15) is 4.79 Å². The molecule has 2 aromatic rings. The van der Waals surface area contributed by atoms with Crippen LogP contribution in [0.5, 0.6) is 5.75 Å². The molecule has 0 spiro atoms. The Morgan fingerprint density at radius 2 is 1.74 bits per heavy atom. The Morgan fingerprint density at radius 1 is 1.04 bits per heavy atom. The zero-order valence-corrected chi connectivity index (χ0v) is 13.2. The molecule has 0 atom stereocenters. The van der Waals surface area contributed by atoms with Crippen molar-refractivity contribution in [2.24, 2.45) is 5.73 Å². The summed E-state index contributed by atoms with van der Waals surface area (Å²) in [4.78, 5) is 13.3. The first-order valence-electron chi connectivity index (χ1n) is 7.99. The highest BCUT2D eigenvalue weighted by Crippen LogP contribution is 2.28. The number of rotatable bonds is 8. The molecule has 0 bridgehead atoms. The van der Waals surface area contributed by atoms with E-state index in [0.717, 1.165) is 30.7 Å². The average molecular weight is 310 g/mol. The molecule has 3 rings (SSSR count). The second kappa shape index (κ2) is 7.29. The Labute approximate surface area is 136 Å². The van der Waals surface area contributed by atoms with E-state index in [4.69, 9.17) is 10.5 Å². The van der Waals surface area contributed by atoms with E-state index >= 15 is 0 Å². The maximum Gasteiger partial charge on any atom is 0.231 e. The van der Waals surface area contributed by atoms with E-state index in [1.54, 1.807) is 0 Å². The normalized spacial score (nSPS) is 14.0. The topological polar surface area (TPSA) is 55.6 Å². The Hall–Kier alpha value is -2.33. The monoisotopic (exact) mass is 310 g/mol. The third kappa shape index (κ3) is 4.83. The minimum atomic E-state index is -0.264. The molecule has 0 unspecified atom stereocenters. The molecular weight excluding hydrogens is 288 g/mol. The van der Waals surface area contributed by atoms with Crippen LogP contribution in [0.25, 0.3) is 0 Å². The van der Waals surface area contributed by atoms with Crippen LogP contribution in [0.3, 0.4) is 0 Å². The van der Waals surface area contributed by atoms with E-state index in [-0.39, 0.29) is 5.91 Å². The highest BCUT2D eigenvalue weighted by atomic mass is 16.5. The van der Waals surface area contributed by atoms with Crippen LogP contribution in [0.4, 0.5) is 0 Å². The minimum Gasteiger partial charge on any atom is -0.489 e. The lowest BCUT2D eigenvalue weighted by molar-refractivity contribution is -0.119. The van der Waals surface area contributed by atoms with Crippen molar-refractivity contribution in [1.82, 2.24) is 4.90 Å². The van der Waals surface area contributed by atoms with E-state index in [1.807, 2.05) is 42.5 Å². The standard InChI is InChI=1S/C19H22N2O2/c20-19(22)13-21(17-8-9-17)12-15-6-10-18(11-7-15)23-14-16-4-2-1-3-5-16/h1-7,10-11,17H,8-9,12-14H2,(H2,20,22). The molecule has 2 aromatic carbocycles. The summed E-state index contributed by atoms with van der Waals surface area (Å²) >= 11 is 0. The van der Waals surface area contributed by atoms with E-state index in [2.05, 4.69) is 17.0 Å². The van der Waals surface area contributed by atoms with Crippen molar-refractivity contribution >= 4 is 5.91 Å². The average Bonchev–Trinajstić information content (AvgIpc) is 3.39. The predicted molar refractivity (Wildman–Crippen MR) is 89.8 cm³/mol. The number of ether oxygens (including phenoxy) is 1. The fourth-order valence-corrected chi connectivity index (χ4v) is 2.62. The molecule has 23 heavy (non-hydrogen) atoms. The first-order valence-corrected chi connectivity index (χ1v) is 7.99. The number of nitrogens with two attached hydrogens (primary N) is 1. The van der Waals surface area contributed by atoms with Gasteiger partial charge in [-0.3, -0.25) is 9.69 Å². The number of amides is 1. The van der Waals surface area contributed by atoms with E-state index in [0.29, 0.717) is 19.2 Å². The van der Waals surface area contributed by atoms with Crippen molar-refractivity contribution in [3.05, 3.63) is 65.7 Å². The number of nitrogens with zero attached hydrogens (tertiary/aromatic N) is 1. The maximum atomic E-state index is 11.2. The minimum absolute atomic E-state index is 0.264. The van der Waals surface area contributed by atoms with Crippen molar-refractivity contribution in [1.29, 1.82) is 0 Å². The lowest BCUT2D eigenvalue weighted by Gasteiger charge is -2.20. The van der Waals surface area contributed by atoms with Crippen molar-refractivity contribution in [3.63, 3.8) is 0 Å². The molecule has 1 aliphatic rings. The van der Waals surface area contributed by atoms with E-state index in [1.165, 1.54) is 5.56 Å². The molecule has 1 aliphatic carbocycles. The first-order chi connectivity index (χ1) is 11.2. The van der Waals surface area contributed by atoms with Gasteiger partial charge in [-0.05, 0) is 36.1 Å². The number of carbonyl (C=O) groups excluding carboxylic acids is 1. The smallest absolute Gasteiger partial charge is 0.231 e. The van der Waals surface area contributed by atoms with Gasteiger partial charge in [-0.1, -0.05) is 42.5 Å². The van der Waals surface area contributed by atoms with Crippen molar-refractivity contribution in [3.8, 4) is 5.75 Å². The third-order valence-electron chi connectivity index (χ3n) is 3.98. The van der Waals surface area contributed by atoms with Crippen LogP contribution < -0.4 is 10.5 Å². The Kier molecular flexibility index (Phi) is 4.93. The second-order valence-corrected chi connectivity index (χ2v) is 6.02. The van der Waals surface area contributed by atoms with Crippen LogP contribution in [-0.4, -0.2) is 23.4 Å². The lowest BCUT2D eigenvalue weighted by atomic mass is 10.2. The number of hydrogen-bond acceptors (Lipinski definition) is 3. The van der Waals surface area contributed by atoms with Crippen molar-refractivity contribution in [2.45, 2.75) is 32.0 Å². The van der Waals surface area contributed by atoms with Gasteiger partial charge in [-0.2, -0.15) is 0 Å². The lowest BCUT2D eigenvalue weighted by Crippen LogP contribution is -2.34. The van der Waals surface area contributed by atoms with Gasteiger partial charge in [-0.25, -0.2) is 0 Å². The molecule has 4 heteroatoms. The fourth-order valence-electron chi connectivity index (χ4n) is 2.62. The molecular formula is C19H22N2O2. The molecule has 0 aromatic heterocycles. The molecule has 1 saturated carbocycles. The maximum absolute atomic E-state index is 11.2. The SMILES string of the molecule is NC(=O)CN(Cc1ccc(OCc2ccccc2)cc1)C1CC1. The highest BCUT2D eigenvalue weighted by Gasteiger charge is 2.29. The summed E-state index contributed by atoms with van der Waals surface area (Å²) in [5.74, 6) is 0.588. The van der Waals surface area contributed by atoms with Crippen molar-refractivity contribution < 1.29 is 9.53 Å². The number of benzene rings is 2. The summed E-state index contributed by atoms with van der Waals surface area (Å²) in [5.41, 5.74) is 7.65. The molecule has 4 nitrogen and oxygen atoms in total. The van der Waals surface area contributed by atoms with Crippen LogP contribution in [0, 0.1) is 0 Å². The largest absolute Gasteiger partial charge is 0.489 e. The quantitative estimate of drug-likeness (QED) is 0.815. The van der Waals surface area contributed by atoms with Gasteiger partial charge in [0, 0.05) is 12.6 Å². The summed E-state index contributed by atoms with van der Waals surface area (Å²) in [5, 5.41) is 0. The fraction of sp³-hybridized carbons (Fsp3) is 0.316. The first kappa shape index (κ1) is 15.6. The third-order valence-corrected chi connectivity index (χ3v) is 3.98. The van der Waals surface area contributed by atoms with Gasteiger partial charge in [0.1, 0.15) is 12.4 Å². The zero-order chi connectivity index (χ0) is 16.1. The van der Waals surface area contributed by atoms with Crippen LogP contribution >= 0.6 is 0 Å². The zero-order valence-electron chi connectivity index (χ0n) is 13.2. The molecule has 0 saturated heterocycles. The van der Waals surface area contributed by atoms with E-state index < -0.39 is 0 Å². The molecule has 120 valence electrons. The Bertz CT molecular complexity index is 636. The molecule has 1 amide bonds. The van der Waals surface area contributed by atoms with Gasteiger partial charge >= 0.3 is 0 Å². The summed E-state index contributed by atoms with van der Waals surface area (Å²) in [7, 11) is 0. The predicted octanol–water partition coefficient (Wildman–Crippen LogP) is 2.72. The number of carbonyl (C=O) groups is 1. The van der Waals surface area contributed by atoms with Gasteiger partial charge in [0.25, 0.3) is 0 Å². The van der Waals surface area contributed by atoms with Crippen LogP contribution in [-0.2, 0) is 17.9 Å². The summed E-state index contributed by atoms with van der Waals surface area (Å²) in [6, 6.07) is 18.7. The summed E-state index contributed by atoms with van der Waals surface area (Å²) < 4.78 is 5.79. The summed E-state index contributed by atoms with van der Waals surface area (Å²) in [6.45, 7) is 1.65. The molecule has 0 heterocycles. The Balaban J connectivity index is 1.55. The molecule has 2 N–H and O–H groups in total. The molecule has 1 fully saturated rings. The van der Waals surface area contributed by atoms with Gasteiger partial charge in [0.05, 0.1) is 6.54 Å². The number of hydrogen-bond donors (Lipinski definition) is 1. The molecule has 0 radical (unpaired) electrons. The van der Waals surface area contributed by atoms with Crippen molar-refractivity contribution in [2.75, 3.05) is 6.54 Å². The van der Waals surface area contributed by atoms with Gasteiger partial charge < -0.3 is 10.5 Å². The van der Waals surface area contributed by atoms with Gasteiger partial charge in [0.2, 0.25) is 5.91 Å². The van der Waals surface area contributed by atoms with Crippen LogP contribution in [0.1, 0.15) is 24.0 Å². The van der Waals surface area contributed by atoms with Crippen LogP contribution in [0.2, 0.25) is 0 Å². The Morgan fingerprint density at radius 3 is 2.35 bits per heavy atom. The van der Waals surface area contributed by atoms with Gasteiger partial charge in [-0.15, -0.1) is 0 Å². The molecule has 0 aliphatic heterocycles. The highest BCUT2D eigenvalue weighted by molar-refractivity contribution is 5.76. The second-order valence-electron chi connectivity index (χ2n) is 6.02. The number of primary amides is 1.